The molecule has 32 heavy (non-hydrogen) atoms. The second kappa shape index (κ2) is 10.4. The van der Waals surface area contributed by atoms with Gasteiger partial charge in [-0.1, -0.05) is 87.9 Å². The lowest BCUT2D eigenvalue weighted by molar-refractivity contribution is 0.644. The van der Waals surface area contributed by atoms with E-state index in [0.29, 0.717) is 18.6 Å². The van der Waals surface area contributed by atoms with Crippen molar-refractivity contribution in [3.63, 3.8) is 0 Å². The standard InChI is InChI=1S/C25H25FN2S.C3H8/c1-5-25(4,29-26)21-15-8-6-13-19(21)23-20-14-7-9-16-22(20)28(27-23)24-17(2)11-10-12-18(24)3;1-3-2/h6-16H,5H2,1-4H3;3H2,1-2H3. The number of benzene rings is 3. The first-order valence-corrected chi connectivity index (χ1v) is 12.1. The van der Waals surface area contributed by atoms with Crippen LogP contribution in [0.3, 0.4) is 0 Å². The number of aryl methyl sites for hydroxylation is 2. The average molecular weight is 449 g/mol. The van der Waals surface area contributed by atoms with Gasteiger partial charge in [0.1, 0.15) is 5.69 Å². The van der Waals surface area contributed by atoms with Crippen LogP contribution >= 0.6 is 12.1 Å². The zero-order valence-corrected chi connectivity index (χ0v) is 20.8. The van der Waals surface area contributed by atoms with Crippen LogP contribution in [0.15, 0.2) is 66.7 Å². The Morgan fingerprint density at radius 2 is 1.47 bits per heavy atom. The number of aromatic nitrogens is 2. The third-order valence-corrected chi connectivity index (χ3v) is 6.68. The molecule has 0 aliphatic rings. The van der Waals surface area contributed by atoms with Gasteiger partial charge in [-0.3, -0.25) is 0 Å². The SMILES string of the molecule is CCC.CCC(C)(SF)c1ccccc1-c1nn(-c2c(C)cccc2C)c2ccccc12. The lowest BCUT2D eigenvalue weighted by Crippen LogP contribution is -2.16. The fourth-order valence-electron chi connectivity index (χ4n) is 4.01. The van der Waals surface area contributed by atoms with E-state index < -0.39 is 4.75 Å². The number of para-hydroxylation sites is 2. The molecule has 0 spiro atoms. The molecule has 4 heteroatoms. The van der Waals surface area contributed by atoms with Crippen molar-refractivity contribution in [1.29, 1.82) is 0 Å². The summed E-state index contributed by atoms with van der Waals surface area (Å²) in [7, 11) is 0. The van der Waals surface area contributed by atoms with Gasteiger partial charge in [0, 0.05) is 10.9 Å². The van der Waals surface area contributed by atoms with Crippen molar-refractivity contribution in [2.45, 2.75) is 59.1 Å². The summed E-state index contributed by atoms with van der Waals surface area (Å²) in [6.07, 6.45) is 1.95. The molecule has 0 aliphatic heterocycles. The molecule has 1 heterocycles. The molecule has 0 saturated heterocycles. The molecule has 0 bridgehead atoms. The van der Waals surface area contributed by atoms with Gasteiger partial charge in [0.2, 0.25) is 0 Å². The van der Waals surface area contributed by atoms with Crippen LogP contribution in [0.5, 0.6) is 0 Å². The zero-order valence-electron chi connectivity index (χ0n) is 19.9. The van der Waals surface area contributed by atoms with Crippen molar-refractivity contribution in [3.05, 3.63) is 83.4 Å². The average Bonchev–Trinajstić information content (AvgIpc) is 3.18. The summed E-state index contributed by atoms with van der Waals surface area (Å²) in [5.41, 5.74) is 7.38. The van der Waals surface area contributed by atoms with Gasteiger partial charge in [-0.2, -0.15) is 8.98 Å². The van der Waals surface area contributed by atoms with Gasteiger partial charge in [-0.05, 0) is 49.9 Å². The zero-order chi connectivity index (χ0) is 23.3. The monoisotopic (exact) mass is 448 g/mol. The van der Waals surface area contributed by atoms with E-state index in [0.717, 1.165) is 33.4 Å². The highest BCUT2D eigenvalue weighted by atomic mass is 32.2. The van der Waals surface area contributed by atoms with Crippen molar-refractivity contribution in [3.8, 4) is 16.9 Å². The predicted octanol–water partition coefficient (Wildman–Crippen LogP) is 8.97. The maximum atomic E-state index is 14.0. The number of rotatable bonds is 5. The molecule has 168 valence electrons. The van der Waals surface area contributed by atoms with Crippen LogP contribution in [0, 0.1) is 13.8 Å². The van der Waals surface area contributed by atoms with E-state index >= 15 is 0 Å². The van der Waals surface area contributed by atoms with Crippen molar-refractivity contribution in [2.75, 3.05) is 0 Å². The summed E-state index contributed by atoms with van der Waals surface area (Å²) in [5, 5.41) is 6.15. The number of nitrogens with zero attached hydrogens (tertiary/aromatic N) is 2. The van der Waals surface area contributed by atoms with E-state index in [9.17, 15) is 3.89 Å². The highest BCUT2D eigenvalue weighted by Crippen LogP contribution is 2.45. The fraction of sp³-hybridized carbons (Fsp3) is 0.321. The largest absolute Gasteiger partial charge is 0.232 e. The summed E-state index contributed by atoms with van der Waals surface area (Å²) < 4.78 is 15.4. The Kier molecular flexibility index (Phi) is 7.78. The smallest absolute Gasteiger partial charge is 0.101 e. The Hall–Kier alpha value is -2.59. The molecule has 0 aliphatic carbocycles. The van der Waals surface area contributed by atoms with E-state index in [4.69, 9.17) is 5.10 Å². The number of fused-ring (bicyclic) bond motifs is 1. The van der Waals surface area contributed by atoms with Crippen molar-refractivity contribution in [2.24, 2.45) is 0 Å². The van der Waals surface area contributed by atoms with E-state index in [-0.39, 0.29) is 0 Å². The highest BCUT2D eigenvalue weighted by Gasteiger charge is 2.30. The second-order valence-corrected chi connectivity index (χ2v) is 9.49. The first-order valence-electron chi connectivity index (χ1n) is 11.4. The Bertz CT molecular complexity index is 1170. The second-order valence-electron chi connectivity index (χ2n) is 8.43. The molecule has 0 amide bonds. The lowest BCUT2D eigenvalue weighted by Gasteiger charge is -2.25. The topological polar surface area (TPSA) is 17.8 Å². The minimum absolute atomic E-state index is 0.413. The molecule has 4 rings (SSSR count). The summed E-state index contributed by atoms with van der Waals surface area (Å²) in [4.78, 5) is 0. The Balaban J connectivity index is 0.000000913. The highest BCUT2D eigenvalue weighted by molar-refractivity contribution is 7.95. The Labute approximate surface area is 196 Å². The molecule has 4 aromatic rings. The van der Waals surface area contributed by atoms with Crippen LogP contribution in [-0.2, 0) is 4.75 Å². The van der Waals surface area contributed by atoms with Crippen LogP contribution < -0.4 is 0 Å². The van der Waals surface area contributed by atoms with Crippen molar-refractivity contribution in [1.82, 2.24) is 9.78 Å². The van der Waals surface area contributed by atoms with E-state index in [1.807, 2.05) is 48.9 Å². The lowest BCUT2D eigenvalue weighted by atomic mass is 9.90. The van der Waals surface area contributed by atoms with Crippen LogP contribution in [-0.4, -0.2) is 9.78 Å². The van der Waals surface area contributed by atoms with Crippen LogP contribution in [0.25, 0.3) is 27.8 Å². The third kappa shape index (κ3) is 4.47. The molecule has 2 nitrogen and oxygen atoms in total. The van der Waals surface area contributed by atoms with Gasteiger partial charge in [0.25, 0.3) is 0 Å². The molecule has 0 N–H and O–H groups in total. The molecular weight excluding hydrogens is 415 g/mol. The Morgan fingerprint density at radius 3 is 2.09 bits per heavy atom. The van der Waals surface area contributed by atoms with Gasteiger partial charge in [-0.15, -0.1) is 0 Å². The van der Waals surface area contributed by atoms with Gasteiger partial charge in [0.15, 0.2) is 0 Å². The third-order valence-electron chi connectivity index (χ3n) is 5.84. The summed E-state index contributed by atoms with van der Waals surface area (Å²) in [6, 6.07) is 22.6. The fourth-order valence-corrected chi connectivity index (χ4v) is 4.38. The number of hydrogen-bond acceptors (Lipinski definition) is 2. The van der Waals surface area contributed by atoms with Gasteiger partial charge < -0.3 is 0 Å². The molecule has 0 saturated carbocycles. The summed E-state index contributed by atoms with van der Waals surface area (Å²) >= 11 is 0.413. The number of halogens is 1. The van der Waals surface area contributed by atoms with E-state index in [1.54, 1.807) is 0 Å². The van der Waals surface area contributed by atoms with E-state index in [1.165, 1.54) is 17.5 Å². The quantitative estimate of drug-likeness (QED) is 0.303. The van der Waals surface area contributed by atoms with E-state index in [2.05, 4.69) is 64.1 Å². The minimum Gasteiger partial charge on any atom is -0.232 e. The first kappa shape index (κ1) is 24.1. The normalized spacial score (nSPS) is 12.8. The van der Waals surface area contributed by atoms with Crippen molar-refractivity contribution < 1.29 is 3.89 Å². The number of hydrogen-bond donors (Lipinski definition) is 0. The molecule has 1 unspecified atom stereocenters. The molecule has 3 aromatic carbocycles. The van der Waals surface area contributed by atoms with Crippen LogP contribution in [0.2, 0.25) is 0 Å². The molecular formula is C28H33FN2S. The van der Waals surface area contributed by atoms with Gasteiger partial charge in [-0.25, -0.2) is 4.68 Å². The predicted molar refractivity (Wildman–Crippen MR) is 138 cm³/mol. The molecule has 0 radical (unpaired) electrons. The molecule has 1 atom stereocenters. The van der Waals surface area contributed by atoms with Crippen LogP contribution in [0.1, 0.15) is 57.2 Å². The summed E-state index contributed by atoms with van der Waals surface area (Å²) in [6.45, 7) is 12.5. The maximum absolute atomic E-state index is 14.0. The first-order chi connectivity index (χ1) is 15.4. The molecule has 0 fully saturated rings. The van der Waals surface area contributed by atoms with Crippen molar-refractivity contribution >= 4 is 23.1 Å². The maximum Gasteiger partial charge on any atom is 0.101 e. The summed E-state index contributed by atoms with van der Waals surface area (Å²) in [5.74, 6) is 0. The van der Waals surface area contributed by atoms with Crippen LogP contribution in [0.4, 0.5) is 3.89 Å². The van der Waals surface area contributed by atoms with Gasteiger partial charge >= 0.3 is 0 Å². The Morgan fingerprint density at radius 1 is 0.875 bits per heavy atom. The minimum atomic E-state index is -0.611. The molecule has 1 aromatic heterocycles. The van der Waals surface area contributed by atoms with Gasteiger partial charge in [0.05, 0.1) is 28.1 Å².